The Labute approximate surface area is 190 Å². The number of hydrogen-bond donors (Lipinski definition) is 1. The predicted molar refractivity (Wildman–Crippen MR) is 121 cm³/mol. The van der Waals surface area contributed by atoms with Gasteiger partial charge in [-0.05, 0) is 43.2 Å². The number of imidazole rings is 1. The number of ether oxygens (including phenoxy) is 1. The molecule has 8 nitrogen and oxygen atoms in total. The molecule has 1 fully saturated rings. The second-order valence-corrected chi connectivity index (χ2v) is 8.45. The van der Waals surface area contributed by atoms with Crippen LogP contribution in [0.2, 0.25) is 5.02 Å². The van der Waals surface area contributed by atoms with Crippen LogP contribution in [-0.4, -0.2) is 55.5 Å². The number of carbonyl (C=O) groups excluding carboxylic acids is 1. The number of carbonyl (C=O) groups is 1. The van der Waals surface area contributed by atoms with Gasteiger partial charge in [-0.25, -0.2) is 4.98 Å². The van der Waals surface area contributed by atoms with Crippen LogP contribution < -0.4 is 0 Å². The lowest BCUT2D eigenvalue weighted by atomic mass is 10.0. The molecule has 2 aromatic heterocycles. The molecule has 1 aliphatic heterocycles. The van der Waals surface area contributed by atoms with E-state index in [1.54, 1.807) is 19.5 Å². The summed E-state index contributed by atoms with van der Waals surface area (Å²) in [7, 11) is 1.67. The smallest absolute Gasteiger partial charge is 0.257 e. The van der Waals surface area contributed by atoms with E-state index in [1.165, 1.54) is 4.80 Å². The van der Waals surface area contributed by atoms with Crippen LogP contribution in [0.3, 0.4) is 0 Å². The second-order valence-electron chi connectivity index (χ2n) is 8.04. The summed E-state index contributed by atoms with van der Waals surface area (Å²) in [5.74, 6) is 0.626. The first-order chi connectivity index (χ1) is 15.5. The summed E-state index contributed by atoms with van der Waals surface area (Å²) in [6.07, 6.45) is 3.75. The molecule has 1 N–H and O–H groups in total. The summed E-state index contributed by atoms with van der Waals surface area (Å²) in [5, 5.41) is 9.14. The quantitative estimate of drug-likeness (QED) is 0.507. The van der Waals surface area contributed by atoms with Crippen molar-refractivity contribution in [1.29, 1.82) is 0 Å². The van der Waals surface area contributed by atoms with Gasteiger partial charge in [0.1, 0.15) is 5.82 Å². The van der Waals surface area contributed by atoms with Crippen molar-refractivity contribution in [3.63, 3.8) is 0 Å². The van der Waals surface area contributed by atoms with Gasteiger partial charge in [0.15, 0.2) is 0 Å². The third-order valence-corrected chi connectivity index (χ3v) is 6.55. The molecular weight excluding hydrogens is 428 g/mol. The summed E-state index contributed by atoms with van der Waals surface area (Å²) in [6, 6.07) is 9.15. The number of aromatic nitrogens is 5. The van der Waals surface area contributed by atoms with E-state index in [0.717, 1.165) is 28.0 Å². The van der Waals surface area contributed by atoms with Crippen LogP contribution in [0.15, 0.2) is 42.7 Å². The van der Waals surface area contributed by atoms with Gasteiger partial charge >= 0.3 is 0 Å². The molecule has 2 atom stereocenters. The van der Waals surface area contributed by atoms with E-state index >= 15 is 0 Å². The largest absolute Gasteiger partial charge is 0.380 e. The van der Waals surface area contributed by atoms with Gasteiger partial charge in [0.25, 0.3) is 5.91 Å². The fraction of sp³-hybridized carbons (Fsp3) is 0.304. The number of aryl methyl sites for hydroxylation is 2. The van der Waals surface area contributed by atoms with Crippen molar-refractivity contribution in [2.24, 2.45) is 0 Å². The summed E-state index contributed by atoms with van der Waals surface area (Å²) in [6.45, 7) is 4.35. The maximum absolute atomic E-state index is 13.9. The van der Waals surface area contributed by atoms with Crippen molar-refractivity contribution >= 4 is 28.5 Å². The Morgan fingerprint density at radius 1 is 1.19 bits per heavy atom. The van der Waals surface area contributed by atoms with Crippen molar-refractivity contribution < 1.29 is 9.53 Å². The standard InChI is InChI=1S/C23H23ClN6O2/c1-13-5-4-6-18(30-25-9-10-26-30)20(13)23(31)29-12-15(32-3)11-19(29)22-27-17-8-7-16(24)14(2)21(17)28-22/h4-10,15,19H,11-12H2,1-3H3,(H,27,28)/t15-,19+/m1/s1. The van der Waals surface area contributed by atoms with Crippen LogP contribution in [0.5, 0.6) is 0 Å². The molecule has 0 unspecified atom stereocenters. The number of methoxy groups -OCH3 is 1. The van der Waals surface area contributed by atoms with E-state index in [1.807, 2.05) is 49.1 Å². The Kier molecular flexibility index (Phi) is 5.19. The van der Waals surface area contributed by atoms with Crippen LogP contribution >= 0.6 is 11.6 Å². The van der Waals surface area contributed by atoms with Gasteiger partial charge in [-0.2, -0.15) is 15.0 Å². The van der Waals surface area contributed by atoms with Crippen LogP contribution in [0, 0.1) is 13.8 Å². The minimum atomic E-state index is -0.254. The zero-order valence-electron chi connectivity index (χ0n) is 18.0. The fourth-order valence-electron chi connectivity index (χ4n) is 4.40. The zero-order chi connectivity index (χ0) is 22.4. The van der Waals surface area contributed by atoms with Gasteiger partial charge in [-0.15, -0.1) is 0 Å². The van der Waals surface area contributed by atoms with E-state index in [9.17, 15) is 4.79 Å². The number of H-pyrrole nitrogens is 1. The number of aromatic amines is 1. The Morgan fingerprint density at radius 3 is 2.72 bits per heavy atom. The number of amides is 1. The molecule has 164 valence electrons. The zero-order valence-corrected chi connectivity index (χ0v) is 18.8. The number of benzene rings is 2. The first kappa shape index (κ1) is 20.7. The highest BCUT2D eigenvalue weighted by molar-refractivity contribution is 6.32. The van der Waals surface area contributed by atoms with E-state index in [2.05, 4.69) is 15.2 Å². The lowest BCUT2D eigenvalue weighted by Gasteiger charge is -2.25. The molecule has 2 aromatic carbocycles. The van der Waals surface area contributed by atoms with Gasteiger partial charge in [0, 0.05) is 25.1 Å². The van der Waals surface area contributed by atoms with Crippen LogP contribution in [0.1, 0.15) is 39.8 Å². The minimum absolute atomic E-state index is 0.0860. The fourth-order valence-corrected chi connectivity index (χ4v) is 4.56. The lowest BCUT2D eigenvalue weighted by Crippen LogP contribution is -2.33. The highest BCUT2D eigenvalue weighted by Crippen LogP contribution is 2.36. The number of rotatable bonds is 4. The Balaban J connectivity index is 1.58. The average molecular weight is 451 g/mol. The number of halogens is 1. The predicted octanol–water partition coefficient (Wildman–Crippen LogP) is 4.02. The van der Waals surface area contributed by atoms with Crippen LogP contribution in [-0.2, 0) is 4.74 Å². The molecule has 0 spiro atoms. The third kappa shape index (κ3) is 3.36. The molecule has 0 bridgehead atoms. The van der Waals surface area contributed by atoms with Crippen molar-refractivity contribution in [3.8, 4) is 5.69 Å². The van der Waals surface area contributed by atoms with Gasteiger partial charge in [0.2, 0.25) is 0 Å². The Hall–Kier alpha value is -3.23. The van der Waals surface area contributed by atoms with Crippen LogP contribution in [0.4, 0.5) is 0 Å². The molecule has 1 saturated heterocycles. The molecule has 32 heavy (non-hydrogen) atoms. The molecule has 0 radical (unpaired) electrons. The number of hydrogen-bond acceptors (Lipinski definition) is 5. The van der Waals surface area contributed by atoms with Crippen molar-refractivity contribution in [2.75, 3.05) is 13.7 Å². The second kappa shape index (κ2) is 8.03. The van der Waals surface area contributed by atoms with Crippen molar-refractivity contribution in [2.45, 2.75) is 32.4 Å². The van der Waals surface area contributed by atoms with Gasteiger partial charge in [-0.1, -0.05) is 23.7 Å². The summed E-state index contributed by atoms with van der Waals surface area (Å²) in [4.78, 5) is 25.4. The molecule has 9 heteroatoms. The summed E-state index contributed by atoms with van der Waals surface area (Å²) < 4.78 is 5.64. The Bertz CT molecular complexity index is 1300. The molecule has 0 saturated carbocycles. The normalized spacial score (nSPS) is 18.6. The monoisotopic (exact) mass is 450 g/mol. The number of nitrogens with zero attached hydrogens (tertiary/aromatic N) is 5. The summed E-state index contributed by atoms with van der Waals surface area (Å²) in [5.41, 5.74) is 4.72. The minimum Gasteiger partial charge on any atom is -0.380 e. The lowest BCUT2D eigenvalue weighted by molar-refractivity contribution is 0.0683. The van der Waals surface area contributed by atoms with Crippen molar-refractivity contribution in [1.82, 2.24) is 29.9 Å². The van der Waals surface area contributed by atoms with Crippen LogP contribution in [0.25, 0.3) is 16.7 Å². The third-order valence-electron chi connectivity index (χ3n) is 6.14. The molecule has 4 aromatic rings. The highest BCUT2D eigenvalue weighted by Gasteiger charge is 2.39. The highest BCUT2D eigenvalue weighted by atomic mass is 35.5. The Morgan fingerprint density at radius 2 is 1.97 bits per heavy atom. The molecule has 0 aliphatic carbocycles. The molecule has 1 aliphatic rings. The van der Waals surface area contributed by atoms with Gasteiger partial charge in [0.05, 0.1) is 46.8 Å². The molecule has 3 heterocycles. The van der Waals surface area contributed by atoms with E-state index in [-0.39, 0.29) is 18.1 Å². The maximum atomic E-state index is 13.9. The summed E-state index contributed by atoms with van der Waals surface area (Å²) >= 11 is 6.30. The van der Waals surface area contributed by atoms with E-state index in [0.29, 0.717) is 29.2 Å². The maximum Gasteiger partial charge on any atom is 0.257 e. The van der Waals surface area contributed by atoms with Crippen molar-refractivity contribution in [3.05, 3.63) is 70.3 Å². The van der Waals surface area contributed by atoms with Gasteiger partial charge < -0.3 is 14.6 Å². The first-order valence-electron chi connectivity index (χ1n) is 10.4. The van der Waals surface area contributed by atoms with E-state index in [4.69, 9.17) is 21.3 Å². The number of nitrogens with one attached hydrogen (secondary N) is 1. The topological polar surface area (TPSA) is 88.9 Å². The number of likely N-dealkylation sites (tertiary alicyclic amines) is 1. The van der Waals surface area contributed by atoms with Gasteiger partial charge in [-0.3, -0.25) is 4.79 Å². The SMILES string of the molecule is CO[C@@H]1C[C@@H](c2nc3ccc(Cl)c(C)c3[nH]2)N(C(=O)c2c(C)cccc2-n2nccn2)C1. The molecular formula is C23H23ClN6O2. The average Bonchev–Trinajstić information content (AvgIpc) is 3.54. The first-order valence-corrected chi connectivity index (χ1v) is 10.8. The molecule has 1 amide bonds. The van der Waals surface area contributed by atoms with E-state index < -0.39 is 0 Å². The molecule has 5 rings (SSSR count). The number of fused-ring (bicyclic) bond motifs is 1.